The lowest BCUT2D eigenvalue weighted by Crippen LogP contribution is -2.64. The third-order valence-corrected chi connectivity index (χ3v) is 3.45. The first kappa shape index (κ1) is 9.97. The van der Waals surface area contributed by atoms with Gasteiger partial charge in [0.05, 0.1) is 18.7 Å². The van der Waals surface area contributed by atoms with Gasteiger partial charge in [-0.15, -0.1) is 0 Å². The summed E-state index contributed by atoms with van der Waals surface area (Å²) in [6.45, 7) is 3.20. The molecule has 0 aromatic rings. The van der Waals surface area contributed by atoms with Gasteiger partial charge in [-0.3, -0.25) is 4.79 Å². The van der Waals surface area contributed by atoms with Crippen LogP contribution < -0.4 is 0 Å². The van der Waals surface area contributed by atoms with E-state index in [0.29, 0.717) is 13.1 Å². The van der Waals surface area contributed by atoms with E-state index < -0.39 is 5.60 Å². The topological polar surface area (TPSA) is 40.5 Å². The van der Waals surface area contributed by atoms with Gasteiger partial charge < -0.3 is 10.0 Å². The van der Waals surface area contributed by atoms with Crippen molar-refractivity contribution in [1.82, 2.24) is 4.90 Å². The molecule has 0 aromatic heterocycles. The van der Waals surface area contributed by atoms with Gasteiger partial charge in [-0.1, -0.05) is 19.8 Å². The van der Waals surface area contributed by atoms with Crippen LogP contribution in [0.15, 0.2) is 0 Å². The molecule has 80 valence electrons. The molecule has 2 aliphatic rings. The van der Waals surface area contributed by atoms with Crippen LogP contribution in [0.25, 0.3) is 0 Å². The number of hydrogen-bond donors (Lipinski definition) is 1. The smallest absolute Gasteiger partial charge is 0.225 e. The number of rotatable bonds is 3. The van der Waals surface area contributed by atoms with E-state index in [2.05, 4.69) is 6.92 Å². The maximum absolute atomic E-state index is 11.7. The molecule has 1 amide bonds. The molecule has 3 nitrogen and oxygen atoms in total. The second-order valence-corrected chi connectivity index (χ2v) is 4.80. The Labute approximate surface area is 85.1 Å². The normalized spacial score (nSPS) is 25.4. The minimum absolute atomic E-state index is 0.275. The monoisotopic (exact) mass is 197 g/mol. The van der Waals surface area contributed by atoms with Gasteiger partial charge in [-0.05, 0) is 19.3 Å². The van der Waals surface area contributed by atoms with Gasteiger partial charge in [0.25, 0.3) is 0 Å². The zero-order valence-corrected chi connectivity index (χ0v) is 8.83. The first-order chi connectivity index (χ1) is 6.64. The van der Waals surface area contributed by atoms with Crippen LogP contribution in [0.3, 0.4) is 0 Å². The fourth-order valence-corrected chi connectivity index (χ4v) is 2.36. The van der Waals surface area contributed by atoms with Crippen molar-refractivity contribution in [1.29, 1.82) is 0 Å². The number of hydrogen-bond acceptors (Lipinski definition) is 2. The number of likely N-dealkylation sites (tertiary alicyclic amines) is 1. The molecule has 0 aromatic carbocycles. The summed E-state index contributed by atoms with van der Waals surface area (Å²) in [7, 11) is 0. The van der Waals surface area contributed by atoms with E-state index in [4.69, 9.17) is 0 Å². The molecule has 0 bridgehead atoms. The third kappa shape index (κ3) is 1.65. The summed E-state index contributed by atoms with van der Waals surface area (Å²) < 4.78 is 0. The highest BCUT2D eigenvalue weighted by Crippen LogP contribution is 2.33. The first-order valence-corrected chi connectivity index (χ1v) is 5.66. The van der Waals surface area contributed by atoms with E-state index in [1.807, 2.05) is 4.90 Å². The van der Waals surface area contributed by atoms with E-state index in [9.17, 15) is 9.90 Å². The largest absolute Gasteiger partial charge is 0.386 e. The van der Waals surface area contributed by atoms with E-state index in [1.54, 1.807) is 0 Å². The van der Waals surface area contributed by atoms with Crippen LogP contribution in [0.5, 0.6) is 0 Å². The second kappa shape index (κ2) is 3.54. The van der Waals surface area contributed by atoms with Crippen LogP contribution in [0.4, 0.5) is 0 Å². The lowest BCUT2D eigenvalue weighted by molar-refractivity contribution is -0.163. The Morgan fingerprint density at radius 1 is 1.50 bits per heavy atom. The molecule has 2 rings (SSSR count). The quantitative estimate of drug-likeness (QED) is 0.737. The number of β-amino-alcohol motifs (C(OH)–C–C–N with tert-alkyl or cyclic N) is 1. The van der Waals surface area contributed by atoms with Crippen LogP contribution in [0.1, 0.15) is 39.0 Å². The van der Waals surface area contributed by atoms with Crippen molar-refractivity contribution in [2.75, 3.05) is 13.1 Å². The van der Waals surface area contributed by atoms with Crippen LogP contribution in [0, 0.1) is 5.92 Å². The molecule has 1 aliphatic carbocycles. The Hall–Kier alpha value is -0.570. The number of carbonyl (C=O) groups is 1. The summed E-state index contributed by atoms with van der Waals surface area (Å²) in [5, 5.41) is 9.91. The molecule has 0 atom stereocenters. The molecule has 1 saturated heterocycles. The van der Waals surface area contributed by atoms with Crippen molar-refractivity contribution in [3.05, 3.63) is 0 Å². The van der Waals surface area contributed by atoms with Gasteiger partial charge in [0.15, 0.2) is 0 Å². The molecule has 1 heterocycles. The number of amides is 1. The maximum atomic E-state index is 11.7. The highest BCUT2D eigenvalue weighted by molar-refractivity contribution is 5.80. The van der Waals surface area contributed by atoms with E-state index >= 15 is 0 Å². The summed E-state index contributed by atoms with van der Waals surface area (Å²) in [6.07, 6.45) is 5.12. The van der Waals surface area contributed by atoms with E-state index in [-0.39, 0.29) is 11.8 Å². The Kier molecular flexibility index (Phi) is 2.52. The molecule has 2 fully saturated rings. The standard InChI is InChI=1S/C11H19NO2/c1-2-6-11(14)7-12(8-11)10(13)9-4-3-5-9/h9,14H,2-8H2,1H3. The molecule has 1 N–H and O–H groups in total. The highest BCUT2D eigenvalue weighted by Gasteiger charge is 2.44. The molecule has 14 heavy (non-hydrogen) atoms. The minimum atomic E-state index is -0.561. The van der Waals surface area contributed by atoms with Crippen molar-refractivity contribution in [2.24, 2.45) is 5.92 Å². The lowest BCUT2D eigenvalue weighted by atomic mass is 9.81. The van der Waals surface area contributed by atoms with Gasteiger partial charge in [0.2, 0.25) is 5.91 Å². The van der Waals surface area contributed by atoms with Gasteiger partial charge >= 0.3 is 0 Å². The Morgan fingerprint density at radius 3 is 2.57 bits per heavy atom. The summed E-state index contributed by atoms with van der Waals surface area (Å²) in [5.41, 5.74) is -0.561. The van der Waals surface area contributed by atoms with Gasteiger partial charge in [-0.2, -0.15) is 0 Å². The highest BCUT2D eigenvalue weighted by atomic mass is 16.3. The lowest BCUT2D eigenvalue weighted by Gasteiger charge is -2.48. The number of nitrogens with zero attached hydrogens (tertiary/aromatic N) is 1. The number of aliphatic hydroxyl groups is 1. The molecular weight excluding hydrogens is 178 g/mol. The molecule has 1 aliphatic heterocycles. The Morgan fingerprint density at radius 2 is 2.14 bits per heavy atom. The average molecular weight is 197 g/mol. The third-order valence-electron chi connectivity index (χ3n) is 3.45. The SMILES string of the molecule is CCCC1(O)CN(C(=O)C2CCC2)C1. The van der Waals surface area contributed by atoms with Crippen LogP contribution in [-0.2, 0) is 4.79 Å². The van der Waals surface area contributed by atoms with Crippen LogP contribution in [-0.4, -0.2) is 34.6 Å². The van der Waals surface area contributed by atoms with E-state index in [1.165, 1.54) is 6.42 Å². The Bertz CT molecular complexity index is 229. The summed E-state index contributed by atoms with van der Waals surface area (Å²) in [5.74, 6) is 0.554. The predicted molar refractivity (Wildman–Crippen MR) is 53.8 cm³/mol. The van der Waals surface area contributed by atoms with Crippen molar-refractivity contribution < 1.29 is 9.90 Å². The first-order valence-electron chi connectivity index (χ1n) is 5.66. The zero-order valence-electron chi connectivity index (χ0n) is 8.83. The molecule has 3 heteroatoms. The van der Waals surface area contributed by atoms with Crippen molar-refractivity contribution in [2.45, 2.75) is 44.6 Å². The van der Waals surface area contributed by atoms with Crippen molar-refractivity contribution >= 4 is 5.91 Å². The average Bonchev–Trinajstić information content (AvgIpc) is 1.96. The van der Waals surface area contributed by atoms with E-state index in [0.717, 1.165) is 25.7 Å². The van der Waals surface area contributed by atoms with Crippen LogP contribution >= 0.6 is 0 Å². The maximum Gasteiger partial charge on any atom is 0.225 e. The molecule has 0 radical (unpaired) electrons. The van der Waals surface area contributed by atoms with Gasteiger partial charge in [-0.25, -0.2) is 0 Å². The molecule has 1 saturated carbocycles. The van der Waals surface area contributed by atoms with Crippen molar-refractivity contribution in [3.63, 3.8) is 0 Å². The summed E-state index contributed by atoms with van der Waals surface area (Å²) in [4.78, 5) is 13.5. The van der Waals surface area contributed by atoms with Crippen molar-refractivity contribution in [3.8, 4) is 0 Å². The fourth-order valence-electron chi connectivity index (χ4n) is 2.36. The van der Waals surface area contributed by atoms with Gasteiger partial charge in [0, 0.05) is 5.92 Å². The van der Waals surface area contributed by atoms with Gasteiger partial charge in [0.1, 0.15) is 0 Å². The molecule has 0 spiro atoms. The summed E-state index contributed by atoms with van der Waals surface area (Å²) >= 11 is 0. The predicted octanol–water partition coefficient (Wildman–Crippen LogP) is 1.16. The minimum Gasteiger partial charge on any atom is -0.386 e. The second-order valence-electron chi connectivity index (χ2n) is 4.80. The molecule has 0 unspecified atom stereocenters. The Balaban J connectivity index is 1.78. The summed E-state index contributed by atoms with van der Waals surface area (Å²) in [6, 6.07) is 0. The zero-order chi connectivity index (χ0) is 10.2. The fraction of sp³-hybridized carbons (Fsp3) is 0.909. The molecular formula is C11H19NO2. The number of carbonyl (C=O) groups excluding carboxylic acids is 1. The van der Waals surface area contributed by atoms with Crippen LogP contribution in [0.2, 0.25) is 0 Å².